The van der Waals surface area contributed by atoms with Crippen molar-refractivity contribution in [1.82, 2.24) is 15.6 Å². The number of hydrogen-bond donors (Lipinski definition) is 2. The Hall–Kier alpha value is -3.70. The summed E-state index contributed by atoms with van der Waals surface area (Å²) in [6.45, 7) is 8.20. The number of nitrogens with one attached hydrogen (secondary N) is 1. The van der Waals surface area contributed by atoms with Crippen molar-refractivity contribution in [2.24, 2.45) is 5.10 Å². The first-order valence-corrected chi connectivity index (χ1v) is 12.3. The van der Waals surface area contributed by atoms with E-state index in [-0.39, 0.29) is 12.3 Å². The summed E-state index contributed by atoms with van der Waals surface area (Å²) < 4.78 is 22.8. The fourth-order valence-electron chi connectivity index (χ4n) is 3.02. The Morgan fingerprint density at radius 3 is 2.53 bits per heavy atom. The first-order chi connectivity index (χ1) is 17.4. The minimum absolute atomic E-state index is 0.0585. The van der Waals surface area contributed by atoms with Gasteiger partial charge in [0.25, 0.3) is 0 Å². The van der Waals surface area contributed by atoms with Gasteiger partial charge in [0.1, 0.15) is 24.0 Å². The predicted molar refractivity (Wildman–Crippen MR) is 139 cm³/mol. The van der Waals surface area contributed by atoms with Crippen molar-refractivity contribution in [3.8, 4) is 17.2 Å². The number of aryl methyl sites for hydroxylation is 2. The first-order valence-electron chi connectivity index (χ1n) is 11.5. The highest BCUT2D eigenvalue weighted by atomic mass is 32.1. The second kappa shape index (κ2) is 14.0. The van der Waals surface area contributed by atoms with E-state index in [2.05, 4.69) is 34.6 Å². The molecule has 0 aliphatic rings. The largest absolute Gasteiger partial charge is 0.491 e. The lowest BCUT2D eigenvalue weighted by atomic mass is 10.1. The SMILES string of the molecule is CCOc1cc(/C=N\NC(=O)Cc2nnc(N)s2)ccc1OCCOCCOc1ccc(C)c(C)c1. The minimum atomic E-state index is -0.313. The van der Waals surface area contributed by atoms with Gasteiger partial charge in [-0.25, -0.2) is 5.43 Å². The molecule has 3 aromatic rings. The standard InChI is InChI=1S/C25H31N5O5S/c1-4-33-22-14-19(16-27-28-23(31)15-24-29-30-25(26)36-24)6-8-21(22)35-12-10-32-9-11-34-20-7-5-17(2)18(3)13-20/h5-8,13-14,16H,4,9-12,15H2,1-3H3,(H2,26,30)(H,28,31)/b27-16-. The lowest BCUT2D eigenvalue weighted by Crippen LogP contribution is -2.19. The number of nitrogen functional groups attached to an aromatic ring is 1. The van der Waals surface area contributed by atoms with E-state index < -0.39 is 0 Å². The van der Waals surface area contributed by atoms with Crippen LogP contribution in [0.5, 0.6) is 17.2 Å². The molecule has 0 aliphatic carbocycles. The molecule has 0 atom stereocenters. The summed E-state index contributed by atoms with van der Waals surface area (Å²) in [6.07, 6.45) is 1.58. The van der Waals surface area contributed by atoms with Crippen molar-refractivity contribution in [3.63, 3.8) is 0 Å². The summed E-state index contributed by atoms with van der Waals surface area (Å²) in [6, 6.07) is 11.4. The summed E-state index contributed by atoms with van der Waals surface area (Å²) in [7, 11) is 0. The summed E-state index contributed by atoms with van der Waals surface area (Å²) in [5.41, 5.74) is 11.2. The number of aromatic nitrogens is 2. The molecule has 36 heavy (non-hydrogen) atoms. The molecule has 2 aromatic carbocycles. The molecule has 192 valence electrons. The Balaban J connectivity index is 1.39. The van der Waals surface area contributed by atoms with Crippen LogP contribution in [-0.2, 0) is 16.0 Å². The number of rotatable bonds is 14. The number of amides is 1. The Kier molecular flexibility index (Phi) is 10.5. The molecule has 1 heterocycles. The van der Waals surface area contributed by atoms with Crippen molar-refractivity contribution in [3.05, 3.63) is 58.1 Å². The molecule has 0 radical (unpaired) electrons. The van der Waals surface area contributed by atoms with Crippen LogP contribution < -0.4 is 25.4 Å². The van der Waals surface area contributed by atoms with E-state index in [1.165, 1.54) is 17.3 Å². The van der Waals surface area contributed by atoms with Gasteiger partial charge in [0.15, 0.2) is 11.5 Å². The number of hydrogen-bond acceptors (Lipinski definition) is 10. The van der Waals surface area contributed by atoms with Crippen molar-refractivity contribution < 1.29 is 23.7 Å². The van der Waals surface area contributed by atoms with Gasteiger partial charge in [-0.05, 0) is 67.8 Å². The second-order valence-corrected chi connectivity index (χ2v) is 8.79. The molecule has 1 amide bonds. The van der Waals surface area contributed by atoms with Crippen molar-refractivity contribution in [2.45, 2.75) is 27.2 Å². The van der Waals surface area contributed by atoms with Crippen LogP contribution in [0.4, 0.5) is 5.13 Å². The maximum absolute atomic E-state index is 12.0. The molecule has 11 heteroatoms. The van der Waals surface area contributed by atoms with Gasteiger partial charge in [0.2, 0.25) is 11.0 Å². The Labute approximate surface area is 214 Å². The minimum Gasteiger partial charge on any atom is -0.491 e. The molecule has 0 spiro atoms. The van der Waals surface area contributed by atoms with Crippen LogP contribution in [0.1, 0.15) is 28.6 Å². The number of carbonyl (C=O) groups excluding carboxylic acids is 1. The molecule has 0 saturated carbocycles. The van der Waals surface area contributed by atoms with Gasteiger partial charge in [0, 0.05) is 0 Å². The van der Waals surface area contributed by atoms with Crippen LogP contribution in [0.15, 0.2) is 41.5 Å². The highest BCUT2D eigenvalue weighted by Gasteiger charge is 2.08. The first kappa shape index (κ1) is 26.9. The molecule has 3 rings (SSSR count). The Morgan fingerprint density at radius 1 is 1.00 bits per heavy atom. The number of hydrazone groups is 1. The van der Waals surface area contributed by atoms with Gasteiger partial charge in [0.05, 0.1) is 32.5 Å². The van der Waals surface area contributed by atoms with E-state index in [9.17, 15) is 4.79 Å². The van der Waals surface area contributed by atoms with Gasteiger partial charge >= 0.3 is 0 Å². The van der Waals surface area contributed by atoms with Crippen LogP contribution in [0.2, 0.25) is 0 Å². The van der Waals surface area contributed by atoms with Gasteiger partial charge in [-0.2, -0.15) is 5.10 Å². The van der Waals surface area contributed by atoms with E-state index in [0.717, 1.165) is 22.6 Å². The summed E-state index contributed by atoms with van der Waals surface area (Å²) in [5.74, 6) is 1.70. The normalized spacial score (nSPS) is 11.0. The molecule has 0 aliphatic heterocycles. The maximum atomic E-state index is 12.0. The second-order valence-electron chi connectivity index (χ2n) is 7.70. The zero-order valence-electron chi connectivity index (χ0n) is 20.7. The van der Waals surface area contributed by atoms with Crippen molar-refractivity contribution >= 4 is 28.6 Å². The van der Waals surface area contributed by atoms with E-state index >= 15 is 0 Å². The quantitative estimate of drug-likeness (QED) is 0.191. The lowest BCUT2D eigenvalue weighted by molar-refractivity contribution is -0.120. The highest BCUT2D eigenvalue weighted by Crippen LogP contribution is 2.28. The van der Waals surface area contributed by atoms with Crippen LogP contribution in [0.25, 0.3) is 0 Å². The number of ether oxygens (including phenoxy) is 4. The molecule has 0 unspecified atom stereocenters. The number of benzene rings is 2. The monoisotopic (exact) mass is 513 g/mol. The highest BCUT2D eigenvalue weighted by molar-refractivity contribution is 7.15. The molecular formula is C25H31N5O5S. The smallest absolute Gasteiger partial charge is 0.247 e. The van der Waals surface area contributed by atoms with Gasteiger partial charge < -0.3 is 24.7 Å². The molecule has 10 nitrogen and oxygen atoms in total. The molecule has 0 bridgehead atoms. The van der Waals surface area contributed by atoms with Crippen molar-refractivity contribution in [1.29, 1.82) is 0 Å². The fraction of sp³-hybridized carbons (Fsp3) is 0.360. The number of carbonyl (C=O) groups is 1. The maximum Gasteiger partial charge on any atom is 0.247 e. The lowest BCUT2D eigenvalue weighted by Gasteiger charge is -2.13. The van der Waals surface area contributed by atoms with Crippen LogP contribution >= 0.6 is 11.3 Å². The predicted octanol–water partition coefficient (Wildman–Crippen LogP) is 3.30. The third kappa shape index (κ3) is 8.82. The topological polar surface area (TPSA) is 130 Å². The van der Waals surface area contributed by atoms with Gasteiger partial charge in [-0.3, -0.25) is 4.79 Å². The fourth-order valence-corrected chi connectivity index (χ4v) is 3.63. The molecule has 1 aromatic heterocycles. The summed E-state index contributed by atoms with van der Waals surface area (Å²) >= 11 is 1.16. The van der Waals surface area contributed by atoms with Crippen molar-refractivity contribution in [2.75, 3.05) is 38.8 Å². The number of anilines is 1. The molecule has 3 N–H and O–H groups in total. The van der Waals surface area contributed by atoms with Crippen LogP contribution in [0, 0.1) is 13.8 Å². The summed E-state index contributed by atoms with van der Waals surface area (Å²) in [4.78, 5) is 12.0. The Bertz CT molecular complexity index is 1170. The van der Waals surface area contributed by atoms with E-state index in [4.69, 9.17) is 24.7 Å². The number of nitrogens with two attached hydrogens (primary N) is 1. The number of nitrogens with zero attached hydrogens (tertiary/aromatic N) is 3. The zero-order chi connectivity index (χ0) is 25.8. The molecular weight excluding hydrogens is 482 g/mol. The van der Waals surface area contributed by atoms with Gasteiger partial charge in [-0.1, -0.05) is 17.4 Å². The summed E-state index contributed by atoms with van der Waals surface area (Å²) in [5, 5.41) is 12.3. The van der Waals surface area contributed by atoms with Crippen LogP contribution in [0.3, 0.4) is 0 Å². The third-order valence-electron chi connectivity index (χ3n) is 4.92. The van der Waals surface area contributed by atoms with E-state index in [1.54, 1.807) is 12.1 Å². The van der Waals surface area contributed by atoms with Gasteiger partial charge in [-0.15, -0.1) is 10.2 Å². The molecule has 0 saturated heterocycles. The third-order valence-corrected chi connectivity index (χ3v) is 5.68. The average molecular weight is 514 g/mol. The van der Waals surface area contributed by atoms with E-state index in [0.29, 0.717) is 54.7 Å². The Morgan fingerprint density at radius 2 is 1.81 bits per heavy atom. The van der Waals surface area contributed by atoms with Crippen LogP contribution in [-0.4, -0.2) is 55.4 Å². The average Bonchev–Trinajstić information content (AvgIpc) is 3.26. The zero-order valence-corrected chi connectivity index (χ0v) is 21.5. The van der Waals surface area contributed by atoms with E-state index in [1.807, 2.05) is 31.2 Å². The molecule has 0 fully saturated rings.